The molecule has 1 saturated heterocycles. The highest BCUT2D eigenvalue weighted by Crippen LogP contribution is 2.18. The molecule has 6 heteroatoms. The molecule has 0 spiro atoms. The van der Waals surface area contributed by atoms with Crippen LogP contribution in [0.5, 0.6) is 0 Å². The van der Waals surface area contributed by atoms with Crippen molar-refractivity contribution in [1.82, 2.24) is 5.01 Å². The van der Waals surface area contributed by atoms with E-state index < -0.39 is 16.0 Å². The van der Waals surface area contributed by atoms with E-state index in [4.69, 9.17) is 0 Å². The highest BCUT2D eigenvalue weighted by molar-refractivity contribution is 7.90. The standard InChI is InChI=1S/C12H17FN2O2S/c1-18(16,17)12-4-2-3-11(9-12)14-15-7-5-10(13)6-8-15/h2-4,9-10,14H,5-8H2,1H3. The number of rotatable bonds is 3. The van der Waals surface area contributed by atoms with Crippen LogP contribution in [-0.2, 0) is 9.84 Å². The van der Waals surface area contributed by atoms with Crippen LogP contribution in [0.25, 0.3) is 0 Å². The molecule has 0 bridgehead atoms. The molecule has 0 aliphatic carbocycles. The van der Waals surface area contributed by atoms with Gasteiger partial charge in [-0.1, -0.05) is 6.07 Å². The normalized spacial score (nSPS) is 18.8. The maximum absolute atomic E-state index is 13.0. The van der Waals surface area contributed by atoms with Gasteiger partial charge in [-0.3, -0.25) is 0 Å². The van der Waals surface area contributed by atoms with Crippen molar-refractivity contribution in [3.63, 3.8) is 0 Å². The second-order valence-corrected chi connectivity index (χ2v) is 6.59. The summed E-state index contributed by atoms with van der Waals surface area (Å²) in [6.45, 7) is 1.26. The van der Waals surface area contributed by atoms with Gasteiger partial charge in [0.2, 0.25) is 0 Å². The summed E-state index contributed by atoms with van der Waals surface area (Å²) < 4.78 is 35.8. The lowest BCUT2D eigenvalue weighted by atomic mass is 10.1. The third-order valence-corrected chi connectivity index (χ3v) is 4.08. The SMILES string of the molecule is CS(=O)(=O)c1cccc(NN2CCC(F)CC2)c1. The van der Waals surface area contributed by atoms with Crippen LogP contribution >= 0.6 is 0 Å². The second kappa shape index (κ2) is 5.24. The molecule has 100 valence electrons. The van der Waals surface area contributed by atoms with E-state index in [9.17, 15) is 12.8 Å². The predicted octanol–water partition coefficient (Wildman–Crippen LogP) is 1.85. The number of hydrogen-bond donors (Lipinski definition) is 1. The van der Waals surface area contributed by atoms with Crippen molar-refractivity contribution < 1.29 is 12.8 Å². The Morgan fingerprint density at radius 3 is 2.61 bits per heavy atom. The zero-order chi connectivity index (χ0) is 13.2. The van der Waals surface area contributed by atoms with Crippen molar-refractivity contribution in [2.75, 3.05) is 24.8 Å². The molecule has 0 unspecified atom stereocenters. The number of halogens is 1. The first-order valence-corrected chi connectivity index (χ1v) is 7.80. The first-order chi connectivity index (χ1) is 8.45. The summed E-state index contributed by atoms with van der Waals surface area (Å²) in [4.78, 5) is 0.285. The highest BCUT2D eigenvalue weighted by atomic mass is 32.2. The molecule has 1 heterocycles. The molecule has 18 heavy (non-hydrogen) atoms. The van der Waals surface area contributed by atoms with E-state index in [1.165, 1.54) is 6.26 Å². The molecule has 0 radical (unpaired) electrons. The number of benzene rings is 1. The van der Waals surface area contributed by atoms with Gasteiger partial charge in [-0.25, -0.2) is 17.8 Å². The zero-order valence-electron chi connectivity index (χ0n) is 10.3. The van der Waals surface area contributed by atoms with Crippen molar-refractivity contribution >= 4 is 15.5 Å². The Hall–Kier alpha value is -1.14. The maximum atomic E-state index is 13.0. The molecule has 1 fully saturated rings. The Balaban J connectivity index is 2.06. The summed E-state index contributed by atoms with van der Waals surface area (Å²) in [6.07, 6.45) is 1.49. The van der Waals surface area contributed by atoms with E-state index in [1.54, 1.807) is 24.3 Å². The van der Waals surface area contributed by atoms with Crippen LogP contribution < -0.4 is 5.43 Å². The molecule has 4 nitrogen and oxygen atoms in total. The van der Waals surface area contributed by atoms with Gasteiger partial charge >= 0.3 is 0 Å². The van der Waals surface area contributed by atoms with Gasteiger partial charge in [0.15, 0.2) is 9.84 Å². The van der Waals surface area contributed by atoms with Crippen molar-refractivity contribution in [1.29, 1.82) is 0 Å². The molecule has 0 atom stereocenters. The Morgan fingerprint density at radius 1 is 1.33 bits per heavy atom. The second-order valence-electron chi connectivity index (χ2n) is 4.57. The van der Waals surface area contributed by atoms with Crippen molar-refractivity contribution in [2.24, 2.45) is 0 Å². The lowest BCUT2D eigenvalue weighted by Crippen LogP contribution is -2.38. The third kappa shape index (κ3) is 3.43. The molecular weight excluding hydrogens is 255 g/mol. The fraction of sp³-hybridized carbons (Fsp3) is 0.500. The lowest BCUT2D eigenvalue weighted by Gasteiger charge is -2.29. The predicted molar refractivity (Wildman–Crippen MR) is 68.9 cm³/mol. The maximum Gasteiger partial charge on any atom is 0.175 e. The highest BCUT2D eigenvalue weighted by Gasteiger charge is 2.18. The van der Waals surface area contributed by atoms with Gasteiger partial charge in [0, 0.05) is 19.3 Å². The number of piperidine rings is 1. The Morgan fingerprint density at radius 2 is 2.00 bits per heavy atom. The molecule has 0 saturated carbocycles. The Kier molecular flexibility index (Phi) is 3.87. The molecule has 1 N–H and O–H groups in total. The monoisotopic (exact) mass is 272 g/mol. The average Bonchev–Trinajstić information content (AvgIpc) is 2.31. The van der Waals surface area contributed by atoms with E-state index in [1.807, 2.05) is 5.01 Å². The van der Waals surface area contributed by atoms with Gasteiger partial charge in [-0.2, -0.15) is 0 Å². The molecule has 2 rings (SSSR count). The minimum atomic E-state index is -3.19. The number of nitrogens with one attached hydrogen (secondary N) is 1. The summed E-state index contributed by atoms with van der Waals surface area (Å²) in [6, 6.07) is 6.65. The summed E-state index contributed by atoms with van der Waals surface area (Å²) >= 11 is 0. The van der Waals surface area contributed by atoms with E-state index in [-0.39, 0.29) is 4.90 Å². The Labute approximate surface area is 107 Å². The number of anilines is 1. The molecule has 1 aromatic rings. The first-order valence-electron chi connectivity index (χ1n) is 5.91. The van der Waals surface area contributed by atoms with Crippen molar-refractivity contribution in [3.8, 4) is 0 Å². The molecule has 1 aromatic carbocycles. The summed E-state index contributed by atoms with van der Waals surface area (Å²) in [5.74, 6) is 0. The van der Waals surface area contributed by atoms with Crippen molar-refractivity contribution in [2.45, 2.75) is 23.9 Å². The zero-order valence-corrected chi connectivity index (χ0v) is 11.1. The molecule has 0 amide bonds. The van der Waals surface area contributed by atoms with Crippen molar-refractivity contribution in [3.05, 3.63) is 24.3 Å². The first kappa shape index (κ1) is 13.3. The van der Waals surface area contributed by atoms with E-state index in [0.29, 0.717) is 25.9 Å². The van der Waals surface area contributed by atoms with Gasteiger partial charge in [0.05, 0.1) is 10.6 Å². The number of hydrogen-bond acceptors (Lipinski definition) is 4. The average molecular weight is 272 g/mol. The van der Waals surface area contributed by atoms with Crippen LogP contribution in [0.4, 0.5) is 10.1 Å². The largest absolute Gasteiger partial charge is 0.319 e. The molecular formula is C12H17FN2O2S. The van der Waals surface area contributed by atoms with Gasteiger partial charge in [-0.05, 0) is 31.0 Å². The number of hydrazine groups is 1. The Bertz CT molecular complexity index is 511. The van der Waals surface area contributed by atoms with E-state index in [0.717, 1.165) is 5.69 Å². The van der Waals surface area contributed by atoms with Crippen LogP contribution in [-0.4, -0.2) is 38.9 Å². The third-order valence-electron chi connectivity index (χ3n) is 2.97. The van der Waals surface area contributed by atoms with Crippen LogP contribution in [0, 0.1) is 0 Å². The van der Waals surface area contributed by atoms with Gasteiger partial charge in [0.1, 0.15) is 6.17 Å². The minimum Gasteiger partial charge on any atom is -0.319 e. The summed E-state index contributed by atoms with van der Waals surface area (Å²) in [5, 5.41) is 1.91. The van der Waals surface area contributed by atoms with E-state index in [2.05, 4.69) is 5.43 Å². The fourth-order valence-corrected chi connectivity index (χ4v) is 2.61. The van der Waals surface area contributed by atoms with Crippen LogP contribution in [0.3, 0.4) is 0 Å². The smallest absolute Gasteiger partial charge is 0.175 e. The lowest BCUT2D eigenvalue weighted by molar-refractivity contribution is 0.173. The van der Waals surface area contributed by atoms with Gasteiger partial charge in [0.25, 0.3) is 0 Å². The fourth-order valence-electron chi connectivity index (χ4n) is 1.94. The van der Waals surface area contributed by atoms with Crippen LogP contribution in [0.1, 0.15) is 12.8 Å². The number of sulfone groups is 1. The topological polar surface area (TPSA) is 49.4 Å². The van der Waals surface area contributed by atoms with Gasteiger partial charge in [-0.15, -0.1) is 0 Å². The minimum absolute atomic E-state index is 0.285. The number of alkyl halides is 1. The molecule has 1 aliphatic heterocycles. The van der Waals surface area contributed by atoms with E-state index >= 15 is 0 Å². The van der Waals surface area contributed by atoms with Gasteiger partial charge < -0.3 is 5.43 Å². The summed E-state index contributed by atoms with van der Waals surface area (Å²) in [7, 11) is -3.19. The van der Waals surface area contributed by atoms with Crippen LogP contribution in [0.15, 0.2) is 29.2 Å². The number of nitrogens with zero attached hydrogens (tertiary/aromatic N) is 1. The molecule has 0 aromatic heterocycles. The van der Waals surface area contributed by atoms with Crippen LogP contribution in [0.2, 0.25) is 0 Å². The summed E-state index contributed by atoms with van der Waals surface area (Å²) in [5.41, 5.74) is 3.83. The molecule has 1 aliphatic rings. The quantitative estimate of drug-likeness (QED) is 0.912.